The van der Waals surface area contributed by atoms with Crippen molar-refractivity contribution in [2.45, 2.75) is 195 Å². The van der Waals surface area contributed by atoms with Crippen LogP contribution in [-0.4, -0.2) is 136 Å². The number of primary amides is 1. The highest BCUT2D eigenvalue weighted by molar-refractivity contribution is 5.98. The molecule has 16 N–H and O–H groups in total. The Morgan fingerprint density at radius 3 is 1.31 bits per heavy atom. The summed E-state index contributed by atoms with van der Waals surface area (Å²) in [6.45, 7) is 18.8. The summed E-state index contributed by atoms with van der Waals surface area (Å²) in [6, 6.07) is -11.5. The number of unbranched alkanes of at least 4 members (excludes halogenated alkanes) is 1. The first kappa shape index (κ1) is 65.1. The molecule has 0 aliphatic heterocycles. The Kier molecular flexibility index (Phi) is 30.1. The lowest BCUT2D eigenvalue weighted by Gasteiger charge is -2.29. The number of hydrogen-bond acceptors (Lipinski definition) is 13. The molecule has 0 unspecified atom stereocenters. The third kappa shape index (κ3) is 25.2. The molecule has 0 heterocycles. The van der Waals surface area contributed by atoms with Gasteiger partial charge in [0.25, 0.3) is 0 Å². The Balaban J connectivity index is 6.54. The van der Waals surface area contributed by atoms with E-state index in [9.17, 15) is 63.0 Å². The van der Waals surface area contributed by atoms with E-state index in [1.807, 2.05) is 13.8 Å². The molecule has 10 atom stereocenters. The average molecular weight is 1010 g/mol. The maximum absolute atomic E-state index is 14.1. The van der Waals surface area contributed by atoms with Gasteiger partial charge in [0, 0.05) is 12.8 Å². The largest absolute Gasteiger partial charge is 0.481 e. The van der Waals surface area contributed by atoms with E-state index in [2.05, 4.69) is 42.5 Å². The lowest BCUT2D eigenvalue weighted by atomic mass is 9.98. The standard InChI is InChI=1S/C47H85N11O13/c1-12-27(10)38(47(70)71)58-42(65)30(16-18-34(49)59)53-40(63)29(15-13-14-20-48)54-46(69)37(26(8)9)57-44(67)33(22-24(4)5)55-41(64)31(17-19-35(60)61)52-39(62)28(11)51-43(66)32(21-23(2)3)56-45(68)36(50)25(6)7/h23-33,36-38H,12-22,48,50H2,1-11H3,(H2,49,59)(H,51,66)(H,52,62)(H,53,63)(H,54,69)(H,55,64)(H,56,68)(H,57,67)(H,58,65)(H,60,61)(H,70,71)/t27-,28-,29-,30-,31-,32-,33-,36-,37-,38-/m0/s1. The lowest BCUT2D eigenvalue weighted by Crippen LogP contribution is -2.61. The summed E-state index contributed by atoms with van der Waals surface area (Å²) in [4.78, 5) is 144. The molecule has 0 aromatic rings. The van der Waals surface area contributed by atoms with E-state index >= 15 is 0 Å². The number of nitrogens with two attached hydrogens (primary N) is 3. The third-order valence-corrected chi connectivity index (χ3v) is 11.6. The first-order chi connectivity index (χ1) is 33.0. The van der Waals surface area contributed by atoms with Crippen molar-refractivity contribution in [2.75, 3.05) is 6.54 Å². The van der Waals surface area contributed by atoms with Gasteiger partial charge in [-0.3, -0.25) is 47.9 Å². The number of nitrogens with one attached hydrogen (secondary N) is 8. The summed E-state index contributed by atoms with van der Waals surface area (Å²) in [7, 11) is 0. The van der Waals surface area contributed by atoms with Gasteiger partial charge in [-0.15, -0.1) is 0 Å². The number of carbonyl (C=O) groups excluding carboxylic acids is 9. The molecule has 0 bridgehead atoms. The minimum absolute atomic E-state index is 0.0120. The molecule has 0 fully saturated rings. The van der Waals surface area contributed by atoms with Gasteiger partial charge in [-0.25, -0.2) is 4.79 Å². The highest BCUT2D eigenvalue weighted by Gasteiger charge is 2.36. The highest BCUT2D eigenvalue weighted by Crippen LogP contribution is 2.14. The molecule has 0 saturated carbocycles. The Bertz CT molecular complexity index is 1810. The van der Waals surface area contributed by atoms with E-state index in [4.69, 9.17) is 17.2 Å². The molecule has 24 heteroatoms. The van der Waals surface area contributed by atoms with Crippen LogP contribution in [0.4, 0.5) is 0 Å². The number of hydrogen-bond donors (Lipinski definition) is 13. The monoisotopic (exact) mass is 1010 g/mol. The zero-order valence-electron chi connectivity index (χ0n) is 43.5. The Labute approximate surface area is 417 Å². The number of aliphatic carboxylic acids is 2. The maximum atomic E-state index is 14.1. The van der Waals surface area contributed by atoms with Crippen molar-refractivity contribution in [2.24, 2.45) is 46.8 Å². The lowest BCUT2D eigenvalue weighted by molar-refractivity contribution is -0.144. The number of rotatable bonds is 35. The molecule has 0 spiro atoms. The van der Waals surface area contributed by atoms with Crippen LogP contribution in [0, 0.1) is 29.6 Å². The summed E-state index contributed by atoms with van der Waals surface area (Å²) >= 11 is 0. The summed E-state index contributed by atoms with van der Waals surface area (Å²) in [5.41, 5.74) is 17.0. The van der Waals surface area contributed by atoms with Gasteiger partial charge < -0.3 is 69.9 Å². The molecule has 0 aliphatic carbocycles. The van der Waals surface area contributed by atoms with Crippen molar-refractivity contribution in [1.82, 2.24) is 42.5 Å². The fourth-order valence-corrected chi connectivity index (χ4v) is 7.04. The second-order valence-corrected chi connectivity index (χ2v) is 19.7. The summed E-state index contributed by atoms with van der Waals surface area (Å²) in [5.74, 6) is -11.5. The van der Waals surface area contributed by atoms with Gasteiger partial charge in [0.15, 0.2) is 0 Å². The van der Waals surface area contributed by atoms with Gasteiger partial charge in [0.2, 0.25) is 53.2 Å². The number of carbonyl (C=O) groups is 11. The van der Waals surface area contributed by atoms with Gasteiger partial charge in [-0.2, -0.15) is 0 Å². The van der Waals surface area contributed by atoms with Crippen LogP contribution in [0.2, 0.25) is 0 Å². The van der Waals surface area contributed by atoms with Crippen molar-refractivity contribution in [3.8, 4) is 0 Å². The van der Waals surface area contributed by atoms with Crippen molar-refractivity contribution in [3.05, 3.63) is 0 Å². The normalized spacial score (nSPS) is 15.6. The van der Waals surface area contributed by atoms with Crippen LogP contribution in [0.25, 0.3) is 0 Å². The molecule has 9 amide bonds. The molecule has 71 heavy (non-hydrogen) atoms. The Hall–Kier alpha value is -5.91. The molecular formula is C47H85N11O13. The van der Waals surface area contributed by atoms with Crippen molar-refractivity contribution in [3.63, 3.8) is 0 Å². The molecule has 24 nitrogen and oxygen atoms in total. The van der Waals surface area contributed by atoms with E-state index in [1.165, 1.54) is 6.92 Å². The fourth-order valence-electron chi connectivity index (χ4n) is 7.04. The number of amides is 9. The smallest absolute Gasteiger partial charge is 0.326 e. The number of carboxylic acid groups (broad SMARTS) is 2. The molecule has 0 aromatic heterocycles. The average Bonchev–Trinajstić information content (AvgIpc) is 3.27. The third-order valence-electron chi connectivity index (χ3n) is 11.6. The topological polar surface area (TPSA) is 403 Å². The van der Waals surface area contributed by atoms with Gasteiger partial charge in [-0.1, -0.05) is 75.7 Å². The van der Waals surface area contributed by atoms with Crippen LogP contribution in [0.1, 0.15) is 140 Å². The molecule has 406 valence electrons. The van der Waals surface area contributed by atoms with E-state index in [1.54, 1.807) is 55.4 Å². The van der Waals surface area contributed by atoms with E-state index < -0.39 is 144 Å². The zero-order valence-corrected chi connectivity index (χ0v) is 43.5. The summed E-state index contributed by atoms with van der Waals surface area (Å²) in [6.07, 6.45) is -0.229. The van der Waals surface area contributed by atoms with Crippen LogP contribution < -0.4 is 59.7 Å². The van der Waals surface area contributed by atoms with Crippen molar-refractivity contribution in [1.29, 1.82) is 0 Å². The molecule has 0 radical (unpaired) electrons. The zero-order chi connectivity index (χ0) is 54.9. The summed E-state index contributed by atoms with van der Waals surface area (Å²) < 4.78 is 0. The molecule has 0 saturated heterocycles. The van der Waals surface area contributed by atoms with Crippen molar-refractivity contribution < 1.29 is 63.0 Å². The number of carboxylic acids is 2. The maximum Gasteiger partial charge on any atom is 0.326 e. The van der Waals surface area contributed by atoms with Crippen LogP contribution in [-0.2, 0) is 52.7 Å². The van der Waals surface area contributed by atoms with E-state index in [-0.39, 0.29) is 56.4 Å². The second-order valence-electron chi connectivity index (χ2n) is 19.7. The van der Waals surface area contributed by atoms with Crippen LogP contribution >= 0.6 is 0 Å². The first-order valence-corrected chi connectivity index (χ1v) is 24.6. The first-order valence-electron chi connectivity index (χ1n) is 24.6. The van der Waals surface area contributed by atoms with Crippen LogP contribution in [0.5, 0.6) is 0 Å². The molecule has 0 aliphatic rings. The fraction of sp³-hybridized carbons (Fsp3) is 0.766. The van der Waals surface area contributed by atoms with Crippen LogP contribution in [0.15, 0.2) is 0 Å². The predicted octanol–water partition coefficient (Wildman–Crippen LogP) is -0.994. The van der Waals surface area contributed by atoms with Gasteiger partial charge in [0.05, 0.1) is 6.04 Å². The highest BCUT2D eigenvalue weighted by atomic mass is 16.4. The molecular weight excluding hydrogens is 927 g/mol. The summed E-state index contributed by atoms with van der Waals surface area (Å²) in [5, 5.41) is 39.7. The van der Waals surface area contributed by atoms with E-state index in [0.29, 0.717) is 19.3 Å². The predicted molar refractivity (Wildman–Crippen MR) is 263 cm³/mol. The Morgan fingerprint density at radius 2 is 0.873 bits per heavy atom. The minimum Gasteiger partial charge on any atom is -0.481 e. The van der Waals surface area contributed by atoms with Gasteiger partial charge >= 0.3 is 11.9 Å². The van der Waals surface area contributed by atoms with Gasteiger partial charge in [0.1, 0.15) is 48.3 Å². The van der Waals surface area contributed by atoms with Crippen LogP contribution in [0.3, 0.4) is 0 Å². The Morgan fingerprint density at radius 1 is 0.465 bits per heavy atom. The molecule has 0 rings (SSSR count). The second kappa shape index (κ2) is 32.9. The SMILES string of the molecule is CC[C@H](C)[C@H](NC(=O)[C@H](CCC(N)=O)NC(=O)[C@H](CCCCN)NC(=O)[C@@H](NC(=O)[C@H](CC(C)C)NC(=O)[C@H](CCC(=O)O)NC(=O)[C@H](C)NC(=O)[C@H](CC(C)C)NC(=O)[C@@H](N)C(C)C)C(C)C)C(=O)O. The quantitative estimate of drug-likeness (QED) is 0.0339. The van der Waals surface area contributed by atoms with E-state index in [0.717, 1.165) is 0 Å². The minimum atomic E-state index is -1.52. The molecule has 0 aromatic carbocycles. The van der Waals surface area contributed by atoms with Crippen molar-refractivity contribution >= 4 is 65.1 Å². The van der Waals surface area contributed by atoms with Gasteiger partial charge in [-0.05, 0) is 88.0 Å².